The topological polar surface area (TPSA) is 49.3 Å². The fraction of sp³-hybridized carbons (Fsp3) is 0.125. The molecular formula is C8H10FK2NO2. The van der Waals surface area contributed by atoms with Crippen LogP contribution in [0.25, 0.3) is 0 Å². The molecule has 0 amide bonds. The number of nitrogens with one attached hydrogen (secondary N) is 1. The number of hydrogen-bond acceptors (Lipinski definition) is 2. The zero-order valence-electron chi connectivity index (χ0n) is 6.25. The van der Waals surface area contributed by atoms with Gasteiger partial charge in [-0.2, -0.15) is 0 Å². The summed E-state index contributed by atoms with van der Waals surface area (Å²) in [5, 5.41) is 10.7. The fourth-order valence-electron chi connectivity index (χ4n) is 0.775. The second-order valence-electron chi connectivity index (χ2n) is 2.23. The van der Waals surface area contributed by atoms with Crippen LogP contribution in [0.4, 0.5) is 10.1 Å². The third-order valence-electron chi connectivity index (χ3n) is 1.30. The summed E-state index contributed by atoms with van der Waals surface area (Å²) in [7, 11) is 0. The first-order chi connectivity index (χ1) is 5.70. The molecule has 3 nitrogen and oxygen atoms in total. The van der Waals surface area contributed by atoms with E-state index in [0.29, 0.717) is 0 Å². The van der Waals surface area contributed by atoms with Crippen molar-refractivity contribution < 1.29 is 14.3 Å². The molecular weight excluding hydrogens is 239 g/mol. The van der Waals surface area contributed by atoms with Gasteiger partial charge in [0.25, 0.3) is 0 Å². The van der Waals surface area contributed by atoms with Gasteiger partial charge in [0.1, 0.15) is 12.4 Å². The molecule has 1 aromatic rings. The molecule has 0 radical (unpaired) electrons. The second kappa shape index (κ2) is 9.89. The summed E-state index contributed by atoms with van der Waals surface area (Å²) in [4.78, 5) is 10.1. The van der Waals surface area contributed by atoms with Crippen molar-refractivity contribution in [2.45, 2.75) is 0 Å². The Bertz CT molecular complexity index is 296. The molecule has 0 heterocycles. The van der Waals surface area contributed by atoms with E-state index in [-0.39, 0.29) is 115 Å². The van der Waals surface area contributed by atoms with E-state index < -0.39 is 11.8 Å². The minimum atomic E-state index is -1.02. The van der Waals surface area contributed by atoms with Gasteiger partial charge in [-0.15, -0.1) is 0 Å². The molecule has 1 rings (SSSR count). The molecule has 14 heavy (non-hydrogen) atoms. The van der Waals surface area contributed by atoms with Gasteiger partial charge in [-0.1, -0.05) is 12.1 Å². The summed E-state index contributed by atoms with van der Waals surface area (Å²) in [5.41, 5.74) is 0.208. The van der Waals surface area contributed by atoms with Gasteiger partial charge in [-0.3, -0.25) is 4.79 Å². The van der Waals surface area contributed by atoms with Crippen molar-refractivity contribution in [2.24, 2.45) is 0 Å². The number of hydrogen-bond donors (Lipinski definition) is 2. The van der Waals surface area contributed by atoms with E-state index in [2.05, 4.69) is 5.32 Å². The van der Waals surface area contributed by atoms with Gasteiger partial charge in [0.05, 0.1) is 5.69 Å². The number of carboxylic acid groups (broad SMARTS) is 1. The molecule has 0 atom stereocenters. The number of carboxylic acids is 1. The van der Waals surface area contributed by atoms with Crippen LogP contribution in [0.2, 0.25) is 0 Å². The predicted molar refractivity (Wildman–Crippen MR) is 56.8 cm³/mol. The maximum atomic E-state index is 12.8. The Morgan fingerprint density at radius 3 is 2.43 bits per heavy atom. The molecule has 6 heteroatoms. The monoisotopic (exact) mass is 249 g/mol. The zero-order valence-corrected chi connectivity index (χ0v) is 6.25. The van der Waals surface area contributed by atoms with E-state index >= 15 is 0 Å². The Hall–Kier alpha value is 1.69. The van der Waals surface area contributed by atoms with Gasteiger partial charge < -0.3 is 10.4 Å². The third-order valence-corrected chi connectivity index (χ3v) is 1.30. The molecule has 0 aliphatic heterocycles. The molecule has 1 aromatic carbocycles. The van der Waals surface area contributed by atoms with E-state index in [4.69, 9.17) is 5.11 Å². The number of rotatable bonds is 3. The van der Waals surface area contributed by atoms with Crippen molar-refractivity contribution >= 4 is 114 Å². The molecule has 0 aliphatic rings. The number of carbonyl (C=O) groups is 1. The summed E-state index contributed by atoms with van der Waals surface area (Å²) >= 11 is 0. The summed E-state index contributed by atoms with van der Waals surface area (Å²) in [6, 6.07) is 5.93. The van der Waals surface area contributed by atoms with E-state index in [1.54, 1.807) is 12.1 Å². The van der Waals surface area contributed by atoms with E-state index in [1.165, 1.54) is 12.1 Å². The van der Waals surface area contributed by atoms with Gasteiger partial charge in [0, 0.05) is 0 Å². The van der Waals surface area contributed by atoms with Gasteiger partial charge in [0.15, 0.2) is 0 Å². The summed E-state index contributed by atoms with van der Waals surface area (Å²) in [5.74, 6) is -1.46. The molecule has 0 unspecified atom stereocenters. The molecule has 0 bridgehead atoms. The van der Waals surface area contributed by atoms with E-state index in [1.807, 2.05) is 0 Å². The third kappa shape index (κ3) is 7.05. The molecule has 0 spiro atoms. The Labute approximate surface area is 167 Å². The zero-order chi connectivity index (χ0) is 8.97. The molecule has 2 N–H and O–H groups in total. The Morgan fingerprint density at radius 1 is 1.36 bits per heavy atom. The summed E-state index contributed by atoms with van der Waals surface area (Å²) in [6.45, 7) is -0.277. The van der Waals surface area contributed by atoms with Crippen LogP contribution < -0.4 is 5.32 Å². The van der Waals surface area contributed by atoms with E-state index in [0.717, 1.165) is 0 Å². The number of halogens is 1. The minimum absolute atomic E-state index is 0. The summed E-state index contributed by atoms with van der Waals surface area (Å²) < 4.78 is 12.8. The standard InChI is InChI=1S/C8H8FNO2.2K.2H/c9-6-3-1-2-4-7(6)10-5-8(11)12;;;;/h1-4,10H,5H2,(H,11,12);;;;. The van der Waals surface area contributed by atoms with Crippen LogP contribution in [0.3, 0.4) is 0 Å². The Balaban J connectivity index is 0. The molecule has 0 saturated heterocycles. The maximum absolute atomic E-state index is 12.8. The van der Waals surface area contributed by atoms with Crippen LogP contribution in [0.15, 0.2) is 24.3 Å². The first-order valence-corrected chi connectivity index (χ1v) is 3.40. The van der Waals surface area contributed by atoms with Gasteiger partial charge in [-0.25, -0.2) is 4.39 Å². The van der Waals surface area contributed by atoms with Crippen LogP contribution in [-0.4, -0.2) is 120 Å². The van der Waals surface area contributed by atoms with Crippen LogP contribution in [0, 0.1) is 5.82 Å². The number of benzene rings is 1. The van der Waals surface area contributed by atoms with Crippen molar-refractivity contribution in [3.63, 3.8) is 0 Å². The molecule has 0 aliphatic carbocycles. The summed E-state index contributed by atoms with van der Waals surface area (Å²) in [6.07, 6.45) is 0. The fourth-order valence-corrected chi connectivity index (χ4v) is 0.775. The number of anilines is 1. The van der Waals surface area contributed by atoms with Crippen LogP contribution in [0.1, 0.15) is 0 Å². The quantitative estimate of drug-likeness (QED) is 0.743. The molecule has 0 saturated carbocycles. The Morgan fingerprint density at radius 2 is 1.93 bits per heavy atom. The SMILES string of the molecule is O=C(O)CNc1ccccc1F.[KH].[KH]. The first-order valence-electron chi connectivity index (χ1n) is 3.40. The van der Waals surface area contributed by atoms with Crippen molar-refractivity contribution in [3.8, 4) is 0 Å². The van der Waals surface area contributed by atoms with Crippen molar-refractivity contribution in [2.75, 3.05) is 11.9 Å². The normalized spacial score (nSPS) is 8.07. The number of para-hydroxylation sites is 1. The molecule has 0 fully saturated rings. The van der Waals surface area contributed by atoms with Crippen LogP contribution in [-0.2, 0) is 4.79 Å². The van der Waals surface area contributed by atoms with Gasteiger partial charge in [0.2, 0.25) is 0 Å². The van der Waals surface area contributed by atoms with Crippen molar-refractivity contribution in [1.29, 1.82) is 0 Å². The predicted octanol–water partition coefficient (Wildman–Crippen LogP) is 0.0252. The second-order valence-corrected chi connectivity index (χ2v) is 2.23. The van der Waals surface area contributed by atoms with Crippen LogP contribution >= 0.6 is 0 Å². The van der Waals surface area contributed by atoms with Crippen LogP contribution in [0.5, 0.6) is 0 Å². The van der Waals surface area contributed by atoms with Gasteiger partial charge >= 0.3 is 109 Å². The average molecular weight is 249 g/mol. The van der Waals surface area contributed by atoms with E-state index in [9.17, 15) is 9.18 Å². The number of aliphatic carboxylic acids is 1. The molecule has 0 aromatic heterocycles. The average Bonchev–Trinajstić information content (AvgIpc) is 2.03. The van der Waals surface area contributed by atoms with Gasteiger partial charge in [-0.05, 0) is 12.1 Å². The Kier molecular flexibility index (Phi) is 12.8. The molecule has 68 valence electrons. The first kappa shape index (κ1) is 18.1. The van der Waals surface area contributed by atoms with Crippen molar-refractivity contribution in [1.82, 2.24) is 0 Å². The van der Waals surface area contributed by atoms with Crippen molar-refractivity contribution in [3.05, 3.63) is 30.1 Å².